The van der Waals surface area contributed by atoms with Crippen molar-refractivity contribution < 1.29 is 38.2 Å². The van der Waals surface area contributed by atoms with Gasteiger partial charge in [0, 0.05) is 19.3 Å². The summed E-state index contributed by atoms with van der Waals surface area (Å²) in [7, 11) is 5.36. The summed E-state index contributed by atoms with van der Waals surface area (Å²) in [5.74, 6) is -1.85. The van der Waals surface area contributed by atoms with E-state index in [1.165, 1.54) is 0 Å². The van der Waals surface area contributed by atoms with Crippen LogP contribution in [0.25, 0.3) is 0 Å². The minimum atomic E-state index is -1.14. The van der Waals surface area contributed by atoms with Crippen molar-refractivity contribution in [3.05, 3.63) is 134 Å². The fourth-order valence-electron chi connectivity index (χ4n) is 5.71. The molecule has 340 valence electrons. The molecule has 0 aliphatic heterocycles. The molecule has 0 amide bonds. The number of nitrogens with zero attached hydrogens (tertiary/aromatic N) is 1. The highest BCUT2D eigenvalue weighted by Gasteiger charge is 2.25. The molecular weight excluding hydrogens is 763 g/mol. The van der Waals surface area contributed by atoms with Gasteiger partial charge in [0.25, 0.3) is 0 Å². The Morgan fingerprint density at radius 3 is 1.48 bits per heavy atom. The van der Waals surface area contributed by atoms with Gasteiger partial charge in [0.1, 0.15) is 12.6 Å². The summed E-state index contributed by atoms with van der Waals surface area (Å²) < 4.78 is 17.1. The number of carboxylic acid groups (broad SMARTS) is 1. The van der Waals surface area contributed by atoms with E-state index < -0.39 is 18.1 Å². The number of carbonyl (C=O) groups excluding carboxylic acids is 3. The molecule has 0 aliphatic carbocycles. The molecule has 0 fully saturated rings. The van der Waals surface area contributed by atoms with Crippen LogP contribution in [0.3, 0.4) is 0 Å². The quantitative estimate of drug-likeness (QED) is 0.0200. The van der Waals surface area contributed by atoms with Gasteiger partial charge < -0.3 is 28.6 Å². The summed E-state index contributed by atoms with van der Waals surface area (Å²) in [6.45, 7) is 4.29. The highest BCUT2D eigenvalue weighted by molar-refractivity contribution is 5.70. The average Bonchev–Trinajstić information content (AvgIpc) is 3.22. The van der Waals surface area contributed by atoms with Crippen molar-refractivity contribution >= 4 is 17.9 Å². The number of unbranched alkanes of at least 4 members (excludes halogenated alkanes) is 7. The molecule has 2 atom stereocenters. The predicted octanol–water partition coefficient (Wildman–Crippen LogP) is 11.5. The maximum Gasteiger partial charge on any atom is 0.306 e. The number of hydrogen-bond acceptors (Lipinski definition) is 7. The number of allylic oxidation sites excluding steroid dienone is 22. The summed E-state index contributed by atoms with van der Waals surface area (Å²) >= 11 is 0. The molecular formula is C53H81NO7. The van der Waals surface area contributed by atoms with E-state index in [0.29, 0.717) is 12.8 Å². The van der Waals surface area contributed by atoms with Crippen LogP contribution in [0.2, 0.25) is 0 Å². The van der Waals surface area contributed by atoms with E-state index in [1.807, 2.05) is 60.8 Å². The van der Waals surface area contributed by atoms with Crippen LogP contribution in [-0.2, 0) is 28.6 Å². The molecule has 8 heteroatoms. The number of esters is 2. The van der Waals surface area contributed by atoms with Gasteiger partial charge in [-0.05, 0) is 77.0 Å². The van der Waals surface area contributed by atoms with Crippen LogP contribution < -0.4 is 5.11 Å². The van der Waals surface area contributed by atoms with Crippen LogP contribution >= 0.6 is 0 Å². The number of hydrogen-bond donors (Lipinski definition) is 0. The van der Waals surface area contributed by atoms with E-state index in [4.69, 9.17) is 14.2 Å². The maximum absolute atomic E-state index is 12.7. The lowest BCUT2D eigenvalue weighted by atomic mass is 10.1. The fourth-order valence-corrected chi connectivity index (χ4v) is 5.71. The van der Waals surface area contributed by atoms with Gasteiger partial charge in [-0.25, -0.2) is 0 Å². The molecule has 0 N–H and O–H groups in total. The van der Waals surface area contributed by atoms with Crippen molar-refractivity contribution in [3.63, 3.8) is 0 Å². The first kappa shape index (κ1) is 56.5. The Balaban J connectivity index is 4.51. The van der Waals surface area contributed by atoms with Crippen LogP contribution in [0.4, 0.5) is 0 Å². The summed E-state index contributed by atoms with van der Waals surface area (Å²) in [4.78, 5) is 36.9. The van der Waals surface area contributed by atoms with Gasteiger partial charge in [0.15, 0.2) is 6.10 Å². The minimum Gasteiger partial charge on any atom is -0.544 e. The third kappa shape index (κ3) is 40.6. The lowest BCUT2D eigenvalue weighted by Crippen LogP contribution is -2.55. The minimum absolute atomic E-state index is 0.00470. The van der Waals surface area contributed by atoms with Gasteiger partial charge in [-0.1, -0.05) is 167 Å². The zero-order chi connectivity index (χ0) is 44.9. The van der Waals surface area contributed by atoms with Gasteiger partial charge in [-0.2, -0.15) is 0 Å². The smallest absolute Gasteiger partial charge is 0.306 e. The topological polar surface area (TPSA) is 102 Å². The number of carbonyl (C=O) groups is 3. The van der Waals surface area contributed by atoms with E-state index in [2.05, 4.69) is 86.8 Å². The molecule has 0 aromatic carbocycles. The lowest BCUT2D eigenvalue weighted by molar-refractivity contribution is -0.889. The Morgan fingerprint density at radius 2 is 0.951 bits per heavy atom. The first-order chi connectivity index (χ1) is 29.6. The van der Waals surface area contributed by atoms with Gasteiger partial charge in [0.2, 0.25) is 0 Å². The number of ether oxygens (including phenoxy) is 3. The van der Waals surface area contributed by atoms with Crippen molar-refractivity contribution in [3.8, 4) is 0 Å². The van der Waals surface area contributed by atoms with E-state index >= 15 is 0 Å². The van der Waals surface area contributed by atoms with Gasteiger partial charge in [-0.15, -0.1) is 0 Å². The molecule has 0 bridgehead atoms. The second-order valence-electron chi connectivity index (χ2n) is 15.7. The molecule has 61 heavy (non-hydrogen) atoms. The third-order valence-corrected chi connectivity index (χ3v) is 9.19. The molecule has 0 rings (SSSR count). The number of aliphatic carboxylic acids is 1. The van der Waals surface area contributed by atoms with Crippen LogP contribution in [0.5, 0.6) is 0 Å². The Morgan fingerprint density at radius 1 is 0.508 bits per heavy atom. The molecule has 0 aromatic rings. The van der Waals surface area contributed by atoms with Gasteiger partial charge in [0.05, 0.1) is 40.3 Å². The number of likely N-dealkylation sites (N-methyl/N-ethyl adjacent to an activating group) is 1. The van der Waals surface area contributed by atoms with Crippen LogP contribution in [0, 0.1) is 0 Å². The second kappa shape index (κ2) is 42.2. The third-order valence-electron chi connectivity index (χ3n) is 9.19. The van der Waals surface area contributed by atoms with E-state index in [-0.39, 0.29) is 55.5 Å². The second-order valence-corrected chi connectivity index (χ2v) is 15.7. The molecule has 2 unspecified atom stereocenters. The number of carboxylic acids is 1. The summed E-state index contributed by atoms with van der Waals surface area (Å²) in [6.07, 6.45) is 60.4. The van der Waals surface area contributed by atoms with Crippen molar-refractivity contribution in [2.45, 2.75) is 142 Å². The highest BCUT2D eigenvalue weighted by atomic mass is 16.6. The molecule has 0 heterocycles. The summed E-state index contributed by atoms with van der Waals surface area (Å²) in [6, 6.07) is -0.748. The molecule has 0 spiro atoms. The normalized spacial score (nSPS) is 14.2. The Labute approximate surface area is 371 Å². The first-order valence-corrected chi connectivity index (χ1v) is 22.8. The van der Waals surface area contributed by atoms with Crippen molar-refractivity contribution in [1.82, 2.24) is 0 Å². The Kier molecular flexibility index (Phi) is 39.0. The molecule has 8 nitrogen and oxygen atoms in total. The maximum atomic E-state index is 12.7. The molecule has 0 saturated carbocycles. The fraction of sp³-hybridized carbons (Fsp3) is 0.528. The molecule has 0 radical (unpaired) electrons. The van der Waals surface area contributed by atoms with Crippen molar-refractivity contribution in [2.24, 2.45) is 0 Å². The largest absolute Gasteiger partial charge is 0.544 e. The predicted molar refractivity (Wildman–Crippen MR) is 253 cm³/mol. The molecule has 0 aliphatic rings. The van der Waals surface area contributed by atoms with Crippen molar-refractivity contribution in [1.29, 1.82) is 0 Å². The monoisotopic (exact) mass is 844 g/mol. The summed E-state index contributed by atoms with van der Waals surface area (Å²) in [5.41, 5.74) is 0. The standard InChI is InChI=1S/C53H81NO7/c1-6-8-10-12-14-16-18-20-22-24-25-26-28-30-32-34-36-38-40-42-44-52(56)61-49(47-59-46-45-50(53(57)58)54(3,4)5)48-60-51(55)43-41-39-37-35-33-31-29-27-23-21-19-17-15-13-11-9-7-2/h8-11,13-17,19-23,25-27,29-33,49-50H,6-7,12,18,24,28,34-48H2,1-5H3/b10-8+,11-9+,15-13+,16-14+,19-17+,22-20+,23-21+,26-25+,29-27+,32-30+,33-31+. The van der Waals surface area contributed by atoms with Crippen molar-refractivity contribution in [2.75, 3.05) is 41.0 Å². The zero-order valence-corrected chi connectivity index (χ0v) is 38.5. The van der Waals surface area contributed by atoms with E-state index in [9.17, 15) is 19.5 Å². The zero-order valence-electron chi connectivity index (χ0n) is 38.5. The molecule has 0 saturated heterocycles. The summed E-state index contributed by atoms with van der Waals surface area (Å²) in [5, 5.41) is 11.6. The Bertz CT molecular complexity index is 1450. The van der Waals surface area contributed by atoms with Gasteiger partial charge >= 0.3 is 11.9 Å². The highest BCUT2D eigenvalue weighted by Crippen LogP contribution is 2.11. The Hall–Kier alpha value is -4.53. The van der Waals surface area contributed by atoms with E-state index in [1.54, 1.807) is 21.1 Å². The SMILES string of the molecule is CC/C=C/C=C/C=C/C=C/C=C/C=C/CCCCCC(=O)OCC(COCCC(C(=O)[O-])[N+](C)(C)C)OC(=O)CCCCCC/C=C/C/C=C/C/C=C/C/C=C/C/C=C/CC. The number of quaternary nitrogens is 1. The van der Waals surface area contributed by atoms with Crippen LogP contribution in [-0.4, -0.2) is 75.5 Å². The van der Waals surface area contributed by atoms with E-state index in [0.717, 1.165) is 83.5 Å². The first-order valence-electron chi connectivity index (χ1n) is 22.8. The lowest BCUT2D eigenvalue weighted by Gasteiger charge is -2.34. The average molecular weight is 844 g/mol. The molecule has 0 aromatic heterocycles. The van der Waals surface area contributed by atoms with Crippen LogP contribution in [0.1, 0.15) is 129 Å². The van der Waals surface area contributed by atoms with Crippen LogP contribution in [0.15, 0.2) is 134 Å². The van der Waals surface area contributed by atoms with Gasteiger partial charge in [-0.3, -0.25) is 9.59 Å². The number of rotatable bonds is 38.